The van der Waals surface area contributed by atoms with Crippen LogP contribution in [0.15, 0.2) is 42.5 Å². The first-order valence-electron chi connectivity index (χ1n) is 11.1. The topological polar surface area (TPSA) is 90.2 Å². The van der Waals surface area contributed by atoms with Crippen LogP contribution >= 0.6 is 11.3 Å². The quantitative estimate of drug-likeness (QED) is 0.290. The van der Waals surface area contributed by atoms with Gasteiger partial charge >= 0.3 is 215 Å². The Kier molecular flexibility index (Phi) is 7.97. The molecule has 7 nitrogen and oxygen atoms in total. The molecule has 2 N–H and O–H groups in total. The van der Waals surface area contributed by atoms with Crippen molar-refractivity contribution in [2.45, 2.75) is 46.3 Å². The molecule has 1 amide bonds. The van der Waals surface area contributed by atoms with Crippen molar-refractivity contribution in [1.82, 2.24) is 4.98 Å². The molecule has 0 bridgehead atoms. The molecule has 0 radical (unpaired) electrons. The molecule has 0 saturated heterocycles. The van der Waals surface area contributed by atoms with E-state index in [-0.39, 0.29) is 12.3 Å². The van der Waals surface area contributed by atoms with E-state index in [9.17, 15) is 14.7 Å². The Hall–Kier alpha value is -2.34. The van der Waals surface area contributed by atoms with E-state index in [1.807, 2.05) is 63.2 Å². The van der Waals surface area contributed by atoms with E-state index in [2.05, 4.69) is 4.98 Å². The number of nitrogens with one attached hydrogen (secondary N) is 1. The third kappa shape index (κ3) is 5.65. The van der Waals surface area contributed by atoms with E-state index >= 15 is 0 Å². The number of thiazole rings is 1. The van der Waals surface area contributed by atoms with Gasteiger partial charge in [-0.25, -0.2) is 0 Å². The van der Waals surface area contributed by atoms with Crippen molar-refractivity contribution in [3.63, 3.8) is 0 Å². The van der Waals surface area contributed by atoms with Crippen LogP contribution in [0.5, 0.6) is 5.75 Å². The van der Waals surface area contributed by atoms with Crippen LogP contribution in [0.2, 0.25) is 0 Å². The molecule has 2 atom stereocenters. The predicted molar refractivity (Wildman–Crippen MR) is 124 cm³/mol. The second kappa shape index (κ2) is 10.9. The van der Waals surface area contributed by atoms with Crippen molar-refractivity contribution in [3.8, 4) is 16.3 Å². The fourth-order valence-corrected chi connectivity index (χ4v) is 6.80. The number of aromatic nitrogens is 1. The van der Waals surface area contributed by atoms with Crippen LogP contribution in [0.25, 0.3) is 10.6 Å². The molecule has 180 valence electrons. The molecule has 1 aliphatic rings. The summed E-state index contributed by atoms with van der Waals surface area (Å²) in [5.74, 6) is -0.191. The number of quaternary nitrogens is 1. The molecule has 4 rings (SSSR count). The number of fused-ring (bicyclic) bond motifs is 1. The van der Waals surface area contributed by atoms with Gasteiger partial charge in [0.1, 0.15) is 0 Å². The Balaban J connectivity index is 1.50. The number of aliphatic carboxylic acids is 1. The van der Waals surface area contributed by atoms with Gasteiger partial charge in [-0.3, -0.25) is 0 Å². The van der Waals surface area contributed by atoms with Gasteiger partial charge in [0, 0.05) is 0 Å². The average Bonchev–Trinajstić information content (AvgIpc) is 3.22. The average molecular weight is 594 g/mol. The summed E-state index contributed by atoms with van der Waals surface area (Å²) in [6, 6.07) is 13.8. The molecule has 2 unspecified atom stereocenters. The first-order valence-corrected chi connectivity index (χ1v) is 13.9. The third-order valence-electron chi connectivity index (χ3n) is 5.45. The summed E-state index contributed by atoms with van der Waals surface area (Å²) in [4.78, 5) is 30.2. The number of nitrogens with zero attached hydrogens (tertiary/aromatic N) is 1. The number of hydrogen-bond donors (Lipinski definition) is 2. The molecule has 0 saturated carbocycles. The molecule has 0 aliphatic carbocycles. The summed E-state index contributed by atoms with van der Waals surface area (Å²) in [5, 5.41) is 10.3. The zero-order valence-electron chi connectivity index (χ0n) is 19.3. The Morgan fingerprint density at radius 1 is 1.24 bits per heavy atom. The maximum atomic E-state index is 13.4. The molecule has 1 aromatic heterocycles. The number of carboxylic acid groups (broad SMARTS) is 1. The molecule has 0 fully saturated rings. The van der Waals surface area contributed by atoms with Crippen LogP contribution in [0.1, 0.15) is 45.4 Å². The summed E-state index contributed by atoms with van der Waals surface area (Å²) in [5.41, 5.74) is 4.68. The van der Waals surface area contributed by atoms with Crippen LogP contribution in [0, 0.1) is 13.8 Å². The van der Waals surface area contributed by atoms with E-state index in [1.54, 1.807) is 0 Å². The number of ether oxygens (including phenoxy) is 1. The van der Waals surface area contributed by atoms with Gasteiger partial charge in [-0.05, 0) is 0 Å². The number of rotatable bonds is 8. The van der Waals surface area contributed by atoms with Crippen molar-refractivity contribution in [1.29, 1.82) is 0 Å². The van der Waals surface area contributed by atoms with E-state index in [0.717, 1.165) is 42.7 Å². The Labute approximate surface area is 213 Å². The zero-order valence-corrected chi connectivity index (χ0v) is 22.2. The Morgan fingerprint density at radius 3 is 2.71 bits per heavy atom. The molecule has 2 aromatic carbocycles. The van der Waals surface area contributed by atoms with Crippen LogP contribution < -0.4 is 28.1 Å². The molecule has 1 aliphatic heterocycles. The van der Waals surface area contributed by atoms with Crippen molar-refractivity contribution in [3.05, 3.63) is 69.7 Å². The number of carboxylic acids is 1. The number of carbonyl (C=O) groups is 2. The van der Waals surface area contributed by atoms with Crippen LogP contribution in [0.4, 0.5) is 0 Å². The maximum absolute atomic E-state index is 13.4. The van der Waals surface area contributed by atoms with Crippen molar-refractivity contribution < 1.29 is 47.5 Å². The second-order valence-electron chi connectivity index (χ2n) is 8.21. The second-order valence-corrected chi connectivity index (χ2v) is 11.4. The molecule has 0 spiro atoms. The minimum atomic E-state index is -0.972. The monoisotopic (exact) mass is 594 g/mol. The summed E-state index contributed by atoms with van der Waals surface area (Å²) in [7, 11) is 0. The summed E-state index contributed by atoms with van der Waals surface area (Å²) < 4.78 is 12.3. The van der Waals surface area contributed by atoms with E-state index < -0.39 is 34.0 Å². The number of halogens is 1. The Bertz CT molecular complexity index is 1190. The summed E-state index contributed by atoms with van der Waals surface area (Å²) in [6.45, 7) is 6.78. The summed E-state index contributed by atoms with van der Waals surface area (Å²) >= 11 is 0.534. The first-order chi connectivity index (χ1) is 16.4. The number of aryl methyl sites for hydroxylation is 2. The van der Waals surface area contributed by atoms with Gasteiger partial charge in [-0.2, -0.15) is 0 Å². The zero-order chi connectivity index (χ0) is 24.2. The molecule has 2 heterocycles. The number of carbonyl (C=O) groups excluding carboxylic acids is 1. The van der Waals surface area contributed by atoms with Gasteiger partial charge < -0.3 is 0 Å². The van der Waals surface area contributed by atoms with Crippen LogP contribution in [-0.2, 0) is 22.5 Å². The third-order valence-corrected chi connectivity index (χ3v) is 8.76. The van der Waals surface area contributed by atoms with Crippen molar-refractivity contribution in [2.24, 2.45) is 0 Å². The van der Waals surface area contributed by atoms with Gasteiger partial charge in [0.2, 0.25) is 0 Å². The summed E-state index contributed by atoms with van der Waals surface area (Å²) in [6.07, 6.45) is 0.142. The molecule has 3 aromatic rings. The van der Waals surface area contributed by atoms with Gasteiger partial charge in [0.05, 0.1) is 0 Å². The van der Waals surface area contributed by atoms with Gasteiger partial charge in [0.15, 0.2) is 0 Å². The normalized spacial score (nSPS) is 16.1. The fraction of sp³-hybridized carbons (Fsp3) is 0.320. The number of amides is 1. The van der Waals surface area contributed by atoms with Crippen molar-refractivity contribution >= 4 is 23.2 Å². The van der Waals surface area contributed by atoms with E-state index in [0.29, 0.717) is 18.0 Å². The van der Waals surface area contributed by atoms with Crippen LogP contribution in [-0.4, -0.2) is 34.7 Å². The molecular weight excluding hydrogens is 567 g/mol. The minimum absolute atomic E-state index is 0.00639. The standard InChI is InChI=1S/C25H27IN2O5S/c1-4-11-32-21(25(30)31)13-17-7-10-20-19(12-17)14-28(26-33-20)24(29)22-16(3)27-23(34-22)18-8-5-15(2)6-9-18/h5-10,12,21,28H,4,11,13-14H2,1-3H3,(H,30,31). The van der Waals surface area contributed by atoms with Gasteiger partial charge in [-0.15, -0.1) is 0 Å². The fourth-order valence-electron chi connectivity index (χ4n) is 3.61. The molecular formula is C25H27IN2O5S. The predicted octanol–water partition coefficient (Wildman–Crippen LogP) is 0.386. The van der Waals surface area contributed by atoms with E-state index in [1.165, 1.54) is 16.9 Å². The molecule has 9 heteroatoms. The Morgan fingerprint density at radius 2 is 2.00 bits per heavy atom. The van der Waals surface area contributed by atoms with Crippen LogP contribution in [0.3, 0.4) is 0 Å². The first kappa shape index (κ1) is 24.8. The SMILES string of the molecule is CCCOC(Cc1ccc2c(c1)C[NH+](C(=O)c1sc(-c3ccc(C)cc3)nc1C)[I-]O2)C(=O)O. The number of hydrogen-bond acceptors (Lipinski definition) is 6. The van der Waals surface area contributed by atoms with Crippen molar-refractivity contribution in [2.75, 3.05) is 6.61 Å². The van der Waals surface area contributed by atoms with Gasteiger partial charge in [0.25, 0.3) is 0 Å². The van der Waals surface area contributed by atoms with E-state index in [4.69, 9.17) is 7.80 Å². The van der Waals surface area contributed by atoms with Gasteiger partial charge in [-0.1, -0.05) is 0 Å². The molecule has 34 heavy (non-hydrogen) atoms. The number of benzene rings is 2.